The molecule has 0 saturated carbocycles. The van der Waals surface area contributed by atoms with Crippen LogP contribution in [0, 0.1) is 0 Å². The molecule has 1 aromatic carbocycles. The fourth-order valence-electron chi connectivity index (χ4n) is 1.79. The van der Waals surface area contributed by atoms with Crippen LogP contribution in [0.3, 0.4) is 0 Å². The third kappa shape index (κ3) is 3.43. The molecular formula is C15H14N2O3. The van der Waals surface area contributed by atoms with Crippen LogP contribution >= 0.6 is 0 Å². The predicted octanol–water partition coefficient (Wildman–Crippen LogP) is 1.42. The molecule has 1 amide bonds. The second-order valence-corrected chi connectivity index (χ2v) is 4.19. The van der Waals surface area contributed by atoms with E-state index in [0.717, 1.165) is 11.6 Å². The first-order valence-corrected chi connectivity index (χ1v) is 6.06. The van der Waals surface area contributed by atoms with E-state index in [4.69, 9.17) is 5.21 Å². The average Bonchev–Trinajstić information content (AvgIpc) is 2.49. The Kier molecular flexibility index (Phi) is 4.47. The van der Waals surface area contributed by atoms with Crippen molar-refractivity contribution >= 4 is 12.0 Å². The monoisotopic (exact) mass is 270 g/mol. The maximum atomic E-state index is 12.2. The quantitative estimate of drug-likeness (QED) is 0.501. The van der Waals surface area contributed by atoms with Crippen LogP contribution in [0.4, 0.5) is 0 Å². The number of hydrogen-bond donors (Lipinski definition) is 2. The number of pyridine rings is 1. The van der Waals surface area contributed by atoms with Crippen LogP contribution in [0.1, 0.15) is 11.1 Å². The Morgan fingerprint density at radius 2 is 1.95 bits per heavy atom. The van der Waals surface area contributed by atoms with E-state index < -0.39 is 5.91 Å². The standard InChI is InChI=1S/C15H14N2O3/c18-14(16-20)9-8-13-7-4-10-17(15(13)19)11-12-5-2-1-3-6-12/h1-10,20H,11H2,(H,16,18)/b9-8+. The first kappa shape index (κ1) is 13.8. The molecule has 0 aliphatic carbocycles. The summed E-state index contributed by atoms with van der Waals surface area (Å²) in [7, 11) is 0. The lowest BCUT2D eigenvalue weighted by molar-refractivity contribution is -0.124. The summed E-state index contributed by atoms with van der Waals surface area (Å²) in [6, 6.07) is 13.0. The molecule has 0 saturated heterocycles. The third-order valence-electron chi connectivity index (χ3n) is 2.77. The van der Waals surface area contributed by atoms with Crippen LogP contribution in [0.5, 0.6) is 0 Å². The molecule has 102 valence electrons. The fraction of sp³-hybridized carbons (Fsp3) is 0.0667. The van der Waals surface area contributed by atoms with Crippen LogP contribution in [-0.2, 0) is 11.3 Å². The van der Waals surface area contributed by atoms with Gasteiger partial charge in [-0.15, -0.1) is 0 Å². The van der Waals surface area contributed by atoms with E-state index in [-0.39, 0.29) is 5.56 Å². The second-order valence-electron chi connectivity index (χ2n) is 4.19. The third-order valence-corrected chi connectivity index (χ3v) is 2.77. The summed E-state index contributed by atoms with van der Waals surface area (Å²) in [5.41, 5.74) is 2.68. The van der Waals surface area contributed by atoms with Crippen molar-refractivity contribution in [2.75, 3.05) is 0 Å². The van der Waals surface area contributed by atoms with E-state index in [1.807, 2.05) is 30.3 Å². The summed E-state index contributed by atoms with van der Waals surface area (Å²) in [6.07, 6.45) is 4.16. The van der Waals surface area contributed by atoms with E-state index in [0.29, 0.717) is 12.1 Å². The molecule has 5 nitrogen and oxygen atoms in total. The van der Waals surface area contributed by atoms with E-state index in [2.05, 4.69) is 0 Å². The first-order valence-electron chi connectivity index (χ1n) is 6.06. The van der Waals surface area contributed by atoms with Gasteiger partial charge in [-0.05, 0) is 23.8 Å². The Balaban J connectivity index is 2.26. The number of nitrogens with zero attached hydrogens (tertiary/aromatic N) is 1. The molecule has 0 spiro atoms. The van der Waals surface area contributed by atoms with Crippen LogP contribution in [0.15, 0.2) is 59.5 Å². The number of carbonyl (C=O) groups is 1. The summed E-state index contributed by atoms with van der Waals surface area (Å²) < 4.78 is 1.56. The summed E-state index contributed by atoms with van der Waals surface area (Å²) in [5.74, 6) is -0.678. The number of amides is 1. The number of hydroxylamine groups is 1. The van der Waals surface area contributed by atoms with Crippen molar-refractivity contribution in [1.82, 2.24) is 10.0 Å². The molecule has 2 N–H and O–H groups in total. The Morgan fingerprint density at radius 3 is 2.65 bits per heavy atom. The van der Waals surface area contributed by atoms with Crippen LogP contribution in [0.2, 0.25) is 0 Å². The molecule has 0 bridgehead atoms. The van der Waals surface area contributed by atoms with Crippen molar-refractivity contribution in [2.24, 2.45) is 0 Å². The highest BCUT2D eigenvalue weighted by atomic mass is 16.5. The molecule has 0 aliphatic heterocycles. The minimum atomic E-state index is -0.678. The van der Waals surface area contributed by atoms with Gasteiger partial charge in [-0.2, -0.15) is 0 Å². The highest BCUT2D eigenvalue weighted by molar-refractivity contribution is 5.90. The second kappa shape index (κ2) is 6.49. The molecule has 0 fully saturated rings. The number of nitrogens with one attached hydrogen (secondary N) is 1. The van der Waals surface area contributed by atoms with Gasteiger partial charge < -0.3 is 4.57 Å². The number of hydrogen-bond acceptors (Lipinski definition) is 3. The zero-order valence-electron chi connectivity index (χ0n) is 10.7. The average molecular weight is 270 g/mol. The molecule has 0 radical (unpaired) electrons. The smallest absolute Gasteiger partial charge is 0.267 e. The molecule has 5 heteroatoms. The molecule has 0 atom stereocenters. The van der Waals surface area contributed by atoms with Gasteiger partial charge in [0.15, 0.2) is 0 Å². The largest absolute Gasteiger partial charge is 0.311 e. The summed E-state index contributed by atoms with van der Waals surface area (Å²) in [6.45, 7) is 0.466. The van der Waals surface area contributed by atoms with Gasteiger partial charge in [-0.1, -0.05) is 30.3 Å². The van der Waals surface area contributed by atoms with Gasteiger partial charge >= 0.3 is 0 Å². The lowest BCUT2D eigenvalue weighted by Gasteiger charge is -2.06. The van der Waals surface area contributed by atoms with Crippen molar-refractivity contribution in [2.45, 2.75) is 6.54 Å². The lowest BCUT2D eigenvalue weighted by Crippen LogP contribution is -2.22. The number of rotatable bonds is 4. The SMILES string of the molecule is O=C(/C=C/c1cccn(Cc2ccccc2)c1=O)NO. The van der Waals surface area contributed by atoms with Crippen molar-refractivity contribution in [3.63, 3.8) is 0 Å². The van der Waals surface area contributed by atoms with Crippen molar-refractivity contribution in [3.05, 3.63) is 76.2 Å². The predicted molar refractivity (Wildman–Crippen MR) is 75.2 cm³/mol. The van der Waals surface area contributed by atoms with Crippen LogP contribution in [-0.4, -0.2) is 15.7 Å². The summed E-state index contributed by atoms with van der Waals surface area (Å²) >= 11 is 0. The van der Waals surface area contributed by atoms with Gasteiger partial charge in [-0.3, -0.25) is 14.8 Å². The summed E-state index contributed by atoms with van der Waals surface area (Å²) in [5, 5.41) is 8.40. The minimum Gasteiger partial charge on any atom is -0.311 e. The summed E-state index contributed by atoms with van der Waals surface area (Å²) in [4.78, 5) is 23.1. The number of carbonyl (C=O) groups excluding carboxylic acids is 1. The Morgan fingerprint density at radius 1 is 1.20 bits per heavy atom. The molecule has 2 rings (SSSR count). The van der Waals surface area contributed by atoms with Gasteiger partial charge in [0.05, 0.1) is 6.54 Å². The highest BCUT2D eigenvalue weighted by Gasteiger charge is 2.02. The molecule has 2 aromatic rings. The molecule has 1 aromatic heterocycles. The van der Waals surface area contributed by atoms with Gasteiger partial charge in [0.1, 0.15) is 0 Å². The molecule has 20 heavy (non-hydrogen) atoms. The minimum absolute atomic E-state index is 0.196. The molecular weight excluding hydrogens is 256 g/mol. The Hall–Kier alpha value is -2.66. The lowest BCUT2D eigenvalue weighted by atomic mass is 10.2. The molecule has 0 unspecified atom stereocenters. The topological polar surface area (TPSA) is 71.3 Å². The maximum absolute atomic E-state index is 12.2. The zero-order chi connectivity index (χ0) is 14.4. The van der Waals surface area contributed by atoms with Crippen molar-refractivity contribution in [3.8, 4) is 0 Å². The first-order chi connectivity index (χ1) is 9.70. The van der Waals surface area contributed by atoms with Gasteiger partial charge in [0, 0.05) is 17.8 Å². The van der Waals surface area contributed by atoms with E-state index in [9.17, 15) is 9.59 Å². The number of benzene rings is 1. The zero-order valence-corrected chi connectivity index (χ0v) is 10.7. The highest BCUT2D eigenvalue weighted by Crippen LogP contribution is 2.02. The number of aromatic nitrogens is 1. The van der Waals surface area contributed by atoms with E-state index in [1.54, 1.807) is 22.9 Å². The van der Waals surface area contributed by atoms with Gasteiger partial charge in [0.25, 0.3) is 11.5 Å². The Bertz CT molecular complexity index is 675. The van der Waals surface area contributed by atoms with Crippen LogP contribution in [0.25, 0.3) is 6.08 Å². The van der Waals surface area contributed by atoms with Crippen LogP contribution < -0.4 is 11.0 Å². The van der Waals surface area contributed by atoms with E-state index >= 15 is 0 Å². The van der Waals surface area contributed by atoms with Gasteiger partial charge in [0.2, 0.25) is 0 Å². The van der Waals surface area contributed by atoms with E-state index in [1.165, 1.54) is 11.6 Å². The van der Waals surface area contributed by atoms with Crippen molar-refractivity contribution < 1.29 is 10.0 Å². The maximum Gasteiger partial charge on any atom is 0.267 e. The fourth-order valence-corrected chi connectivity index (χ4v) is 1.79. The molecule has 0 aliphatic rings. The van der Waals surface area contributed by atoms with Gasteiger partial charge in [-0.25, -0.2) is 5.48 Å². The Labute approximate surface area is 115 Å². The van der Waals surface area contributed by atoms with Crippen molar-refractivity contribution in [1.29, 1.82) is 0 Å². The molecule has 1 heterocycles. The normalized spacial score (nSPS) is 10.7.